The second kappa shape index (κ2) is 8.65. The SMILES string of the molecule is Clc1ccc(-c2nccn2CC=NCC=Cc2ccccc2)c(Cl)c1. The molecule has 1 aromatic heterocycles. The van der Waals surface area contributed by atoms with Crippen LogP contribution in [0.1, 0.15) is 5.56 Å². The van der Waals surface area contributed by atoms with Crippen LogP contribution in [0.25, 0.3) is 17.5 Å². The molecule has 5 heteroatoms. The van der Waals surface area contributed by atoms with Crippen LogP contribution in [0, 0.1) is 0 Å². The summed E-state index contributed by atoms with van der Waals surface area (Å²) in [6.07, 6.45) is 9.64. The normalized spacial score (nSPS) is 11.6. The van der Waals surface area contributed by atoms with E-state index >= 15 is 0 Å². The number of hydrogen-bond acceptors (Lipinski definition) is 2. The Morgan fingerprint density at radius 3 is 2.72 bits per heavy atom. The Bertz CT molecular complexity index is 883. The number of nitrogens with zero attached hydrogens (tertiary/aromatic N) is 3. The van der Waals surface area contributed by atoms with Gasteiger partial charge in [0, 0.05) is 29.2 Å². The molecule has 0 amide bonds. The van der Waals surface area contributed by atoms with E-state index < -0.39 is 0 Å². The van der Waals surface area contributed by atoms with Gasteiger partial charge in [-0.2, -0.15) is 0 Å². The van der Waals surface area contributed by atoms with Gasteiger partial charge in [0.15, 0.2) is 0 Å². The molecule has 0 N–H and O–H groups in total. The molecule has 0 aliphatic heterocycles. The second-order valence-corrected chi connectivity index (χ2v) is 6.23. The van der Waals surface area contributed by atoms with Crippen molar-refractivity contribution in [1.29, 1.82) is 0 Å². The van der Waals surface area contributed by atoms with E-state index in [9.17, 15) is 0 Å². The van der Waals surface area contributed by atoms with Crippen LogP contribution in [0.15, 0.2) is 72.0 Å². The minimum Gasteiger partial charge on any atom is -0.326 e. The Kier molecular flexibility index (Phi) is 6.04. The van der Waals surface area contributed by atoms with Crippen molar-refractivity contribution in [3.05, 3.63) is 82.6 Å². The van der Waals surface area contributed by atoms with Gasteiger partial charge in [-0.15, -0.1) is 0 Å². The molecule has 0 unspecified atom stereocenters. The second-order valence-electron chi connectivity index (χ2n) is 5.39. The summed E-state index contributed by atoms with van der Waals surface area (Å²) in [5.74, 6) is 0.799. The Morgan fingerprint density at radius 2 is 1.92 bits per heavy atom. The van der Waals surface area contributed by atoms with Gasteiger partial charge in [0.1, 0.15) is 5.82 Å². The third-order valence-electron chi connectivity index (χ3n) is 3.62. The molecule has 0 atom stereocenters. The van der Waals surface area contributed by atoms with Crippen molar-refractivity contribution in [1.82, 2.24) is 9.55 Å². The summed E-state index contributed by atoms with van der Waals surface area (Å²) < 4.78 is 2.00. The molecule has 2 aromatic carbocycles. The summed E-state index contributed by atoms with van der Waals surface area (Å²) in [7, 11) is 0. The summed E-state index contributed by atoms with van der Waals surface area (Å²) in [4.78, 5) is 8.81. The standard InChI is InChI=1S/C20H17Cl2N3/c21-17-8-9-18(19(22)15-17)20-24-12-14-25(20)13-11-23-10-4-7-16-5-2-1-3-6-16/h1-9,11-12,14-15H,10,13H2. The molecule has 0 spiro atoms. The van der Waals surface area contributed by atoms with Crippen molar-refractivity contribution in [3.63, 3.8) is 0 Å². The van der Waals surface area contributed by atoms with Gasteiger partial charge in [-0.25, -0.2) is 4.98 Å². The minimum absolute atomic E-state index is 0.586. The third-order valence-corrected chi connectivity index (χ3v) is 4.16. The fourth-order valence-corrected chi connectivity index (χ4v) is 2.90. The zero-order valence-corrected chi connectivity index (χ0v) is 15.0. The van der Waals surface area contributed by atoms with Crippen LogP contribution in [-0.2, 0) is 6.54 Å². The summed E-state index contributed by atoms with van der Waals surface area (Å²) in [5.41, 5.74) is 2.03. The monoisotopic (exact) mass is 369 g/mol. The van der Waals surface area contributed by atoms with E-state index in [2.05, 4.69) is 28.2 Å². The lowest BCUT2D eigenvalue weighted by atomic mass is 10.2. The Hall–Kier alpha value is -2.36. The molecule has 126 valence electrons. The van der Waals surface area contributed by atoms with Crippen LogP contribution in [-0.4, -0.2) is 22.3 Å². The number of aliphatic imine (C=N–C) groups is 1. The number of imidazole rings is 1. The average molecular weight is 370 g/mol. The molecule has 0 aliphatic carbocycles. The Balaban J connectivity index is 1.61. The smallest absolute Gasteiger partial charge is 0.141 e. The lowest BCUT2D eigenvalue weighted by molar-refractivity contribution is 0.870. The quantitative estimate of drug-likeness (QED) is 0.517. The van der Waals surface area contributed by atoms with Crippen LogP contribution in [0.4, 0.5) is 0 Å². The maximum Gasteiger partial charge on any atom is 0.141 e. The van der Waals surface area contributed by atoms with E-state index in [-0.39, 0.29) is 0 Å². The first kappa shape index (κ1) is 17.5. The van der Waals surface area contributed by atoms with Crippen LogP contribution in [0.2, 0.25) is 10.0 Å². The molecular formula is C20H17Cl2N3. The van der Waals surface area contributed by atoms with E-state index in [0.29, 0.717) is 23.1 Å². The predicted molar refractivity (Wildman–Crippen MR) is 107 cm³/mol. The largest absolute Gasteiger partial charge is 0.326 e. The van der Waals surface area contributed by atoms with E-state index in [0.717, 1.165) is 11.4 Å². The number of halogens is 2. The maximum atomic E-state index is 6.27. The molecule has 3 nitrogen and oxygen atoms in total. The molecular weight excluding hydrogens is 353 g/mol. The van der Waals surface area contributed by atoms with Crippen molar-refractivity contribution in [3.8, 4) is 11.4 Å². The van der Waals surface area contributed by atoms with E-state index in [1.165, 1.54) is 5.56 Å². The number of hydrogen-bond donors (Lipinski definition) is 0. The fraction of sp³-hybridized carbons (Fsp3) is 0.100. The van der Waals surface area contributed by atoms with Crippen molar-refractivity contribution in [2.45, 2.75) is 6.54 Å². The van der Waals surface area contributed by atoms with Gasteiger partial charge in [-0.05, 0) is 23.8 Å². The predicted octanol–water partition coefficient (Wildman–Crippen LogP) is 5.64. The topological polar surface area (TPSA) is 30.2 Å². The molecule has 0 saturated carbocycles. The minimum atomic E-state index is 0.586. The van der Waals surface area contributed by atoms with Crippen LogP contribution in [0.5, 0.6) is 0 Å². The van der Waals surface area contributed by atoms with E-state index in [1.807, 2.05) is 53.4 Å². The Morgan fingerprint density at radius 1 is 1.08 bits per heavy atom. The van der Waals surface area contributed by atoms with Gasteiger partial charge in [0.05, 0.1) is 18.1 Å². The summed E-state index contributed by atoms with van der Waals surface area (Å²) in [6.45, 7) is 1.27. The van der Waals surface area contributed by atoms with Crippen molar-refractivity contribution in [2.75, 3.05) is 6.54 Å². The molecule has 25 heavy (non-hydrogen) atoms. The fourth-order valence-electron chi connectivity index (χ4n) is 2.41. The van der Waals surface area contributed by atoms with Gasteiger partial charge >= 0.3 is 0 Å². The van der Waals surface area contributed by atoms with Gasteiger partial charge in [0.2, 0.25) is 0 Å². The highest BCUT2D eigenvalue weighted by atomic mass is 35.5. The van der Waals surface area contributed by atoms with Gasteiger partial charge in [-0.1, -0.05) is 65.7 Å². The molecule has 0 saturated heterocycles. The molecule has 0 aliphatic rings. The number of aromatic nitrogens is 2. The van der Waals surface area contributed by atoms with Crippen LogP contribution < -0.4 is 0 Å². The van der Waals surface area contributed by atoms with E-state index in [1.54, 1.807) is 12.3 Å². The summed E-state index contributed by atoms with van der Waals surface area (Å²) in [5, 5.41) is 1.20. The first-order valence-corrected chi connectivity index (χ1v) is 8.66. The molecule has 0 radical (unpaired) electrons. The Labute approximate surface area is 157 Å². The van der Waals surface area contributed by atoms with Gasteiger partial charge in [0.25, 0.3) is 0 Å². The highest BCUT2D eigenvalue weighted by Crippen LogP contribution is 2.29. The number of rotatable bonds is 6. The zero-order valence-electron chi connectivity index (χ0n) is 13.5. The van der Waals surface area contributed by atoms with Crippen LogP contribution >= 0.6 is 23.2 Å². The zero-order chi connectivity index (χ0) is 17.5. The van der Waals surface area contributed by atoms with Gasteiger partial charge in [-0.3, -0.25) is 4.99 Å². The van der Waals surface area contributed by atoms with Crippen molar-refractivity contribution in [2.24, 2.45) is 4.99 Å². The lowest BCUT2D eigenvalue weighted by Gasteiger charge is -2.07. The lowest BCUT2D eigenvalue weighted by Crippen LogP contribution is -2.01. The number of benzene rings is 2. The van der Waals surface area contributed by atoms with Crippen molar-refractivity contribution < 1.29 is 0 Å². The van der Waals surface area contributed by atoms with Gasteiger partial charge < -0.3 is 4.57 Å². The molecule has 3 rings (SSSR count). The van der Waals surface area contributed by atoms with Crippen molar-refractivity contribution >= 4 is 35.5 Å². The first-order chi connectivity index (χ1) is 12.2. The molecule has 0 fully saturated rings. The third kappa shape index (κ3) is 4.81. The first-order valence-electron chi connectivity index (χ1n) is 7.90. The molecule has 3 aromatic rings. The summed E-state index contributed by atoms with van der Waals surface area (Å²) >= 11 is 12.2. The summed E-state index contributed by atoms with van der Waals surface area (Å²) in [6, 6.07) is 15.6. The maximum absolute atomic E-state index is 6.27. The highest BCUT2D eigenvalue weighted by Gasteiger charge is 2.09. The van der Waals surface area contributed by atoms with Crippen LogP contribution in [0.3, 0.4) is 0 Å². The molecule has 0 bridgehead atoms. The highest BCUT2D eigenvalue weighted by molar-refractivity contribution is 6.36. The van der Waals surface area contributed by atoms with E-state index in [4.69, 9.17) is 23.2 Å². The molecule has 1 heterocycles. The average Bonchev–Trinajstić information content (AvgIpc) is 3.07.